The molecule has 2 heterocycles. The van der Waals surface area contributed by atoms with Gasteiger partial charge in [0.1, 0.15) is 16.5 Å². The number of fused-ring (bicyclic) bond motifs is 1. The highest BCUT2D eigenvalue weighted by Gasteiger charge is 2.30. The number of hydrogen-bond acceptors (Lipinski definition) is 6. The van der Waals surface area contributed by atoms with Crippen LogP contribution in [-0.4, -0.2) is 35.8 Å². The summed E-state index contributed by atoms with van der Waals surface area (Å²) in [5.41, 5.74) is 1.84. The van der Waals surface area contributed by atoms with E-state index in [2.05, 4.69) is 23.7 Å². The molecule has 0 unspecified atom stereocenters. The van der Waals surface area contributed by atoms with Gasteiger partial charge in [-0.2, -0.15) is 0 Å². The van der Waals surface area contributed by atoms with E-state index in [1.807, 2.05) is 18.3 Å². The second-order valence-corrected chi connectivity index (χ2v) is 7.51. The van der Waals surface area contributed by atoms with Crippen molar-refractivity contribution in [2.45, 2.75) is 39.0 Å². The molecule has 1 N–H and O–H groups in total. The van der Waals surface area contributed by atoms with E-state index >= 15 is 0 Å². The number of aliphatic hydroxyl groups excluding tert-OH is 1. The number of nitrogens with zero attached hydrogens (tertiary/aromatic N) is 2. The fraction of sp³-hybridized carbons (Fsp3) is 0.500. The highest BCUT2D eigenvalue weighted by Crippen LogP contribution is 2.39. The van der Waals surface area contributed by atoms with Gasteiger partial charge in [-0.3, -0.25) is 4.90 Å². The van der Waals surface area contributed by atoms with Crippen LogP contribution in [-0.2, 0) is 13.1 Å². The first-order chi connectivity index (χ1) is 11.5. The molecule has 0 amide bonds. The summed E-state index contributed by atoms with van der Waals surface area (Å²) in [6, 6.07) is 3.75. The normalized spacial score (nSPS) is 17.8. The zero-order chi connectivity index (χ0) is 17.3. The van der Waals surface area contributed by atoms with Crippen molar-refractivity contribution in [2.75, 3.05) is 20.8 Å². The Hall–Kier alpha value is -1.63. The lowest BCUT2D eigenvalue weighted by Gasteiger charge is -2.33. The summed E-state index contributed by atoms with van der Waals surface area (Å²) in [6.07, 6.45) is 1.37. The Morgan fingerprint density at radius 3 is 2.62 bits per heavy atom. The molecular formula is C18H24N2O3S. The number of ether oxygens (including phenoxy) is 2. The minimum absolute atomic E-state index is 0.494. The van der Waals surface area contributed by atoms with Crippen LogP contribution in [0, 0.1) is 0 Å². The Labute approximate surface area is 146 Å². The van der Waals surface area contributed by atoms with Crippen LogP contribution in [0.5, 0.6) is 11.5 Å². The summed E-state index contributed by atoms with van der Waals surface area (Å²) in [7, 11) is 3.29. The van der Waals surface area contributed by atoms with Crippen molar-refractivity contribution in [2.24, 2.45) is 0 Å². The largest absolute Gasteiger partial charge is 0.496 e. The molecule has 0 fully saturated rings. The highest BCUT2D eigenvalue weighted by molar-refractivity contribution is 7.11. The average Bonchev–Trinajstić information content (AvgIpc) is 3.02. The summed E-state index contributed by atoms with van der Waals surface area (Å²) < 4.78 is 10.9. The number of aliphatic hydroxyl groups is 1. The molecule has 5 nitrogen and oxygen atoms in total. The van der Waals surface area contributed by atoms with Gasteiger partial charge in [-0.15, -0.1) is 11.3 Å². The fourth-order valence-corrected chi connectivity index (χ4v) is 4.09. The first kappa shape index (κ1) is 17.2. The third-order valence-corrected chi connectivity index (χ3v) is 5.64. The number of thiazole rings is 1. The van der Waals surface area contributed by atoms with Gasteiger partial charge in [0.25, 0.3) is 0 Å². The van der Waals surface area contributed by atoms with Crippen molar-refractivity contribution in [1.82, 2.24) is 9.88 Å². The lowest BCUT2D eigenvalue weighted by Crippen LogP contribution is -2.33. The quantitative estimate of drug-likeness (QED) is 0.898. The van der Waals surface area contributed by atoms with Gasteiger partial charge in [-0.25, -0.2) is 4.98 Å². The molecule has 1 aromatic carbocycles. The predicted octanol–water partition coefficient (Wildman–Crippen LogP) is 3.33. The predicted molar refractivity (Wildman–Crippen MR) is 94.8 cm³/mol. The zero-order valence-electron chi connectivity index (χ0n) is 14.6. The molecule has 6 heteroatoms. The van der Waals surface area contributed by atoms with Crippen molar-refractivity contribution in [3.8, 4) is 11.5 Å². The molecule has 1 aliphatic rings. The van der Waals surface area contributed by atoms with Crippen LogP contribution in [0.2, 0.25) is 0 Å². The van der Waals surface area contributed by atoms with Gasteiger partial charge >= 0.3 is 0 Å². The van der Waals surface area contributed by atoms with Crippen molar-refractivity contribution in [1.29, 1.82) is 0 Å². The highest BCUT2D eigenvalue weighted by atomic mass is 32.1. The Morgan fingerprint density at radius 2 is 2.00 bits per heavy atom. The van der Waals surface area contributed by atoms with Gasteiger partial charge in [0.15, 0.2) is 0 Å². The molecule has 0 radical (unpaired) electrons. The maximum absolute atomic E-state index is 10.6. The summed E-state index contributed by atoms with van der Waals surface area (Å²) in [5, 5.41) is 11.7. The minimum atomic E-state index is -0.594. The van der Waals surface area contributed by atoms with Crippen LogP contribution >= 0.6 is 11.3 Å². The average molecular weight is 348 g/mol. The number of hydrogen-bond donors (Lipinski definition) is 1. The van der Waals surface area contributed by atoms with Crippen LogP contribution < -0.4 is 9.47 Å². The second kappa shape index (κ2) is 7.09. The molecule has 2 aromatic rings. The van der Waals surface area contributed by atoms with Crippen LogP contribution in [0.15, 0.2) is 18.3 Å². The van der Waals surface area contributed by atoms with Gasteiger partial charge in [0.05, 0.1) is 26.9 Å². The molecule has 0 aliphatic carbocycles. The SMILES string of the molecule is COc1ccc(OC)c2c1CN(Cc1ncc(C(C)C)s1)C[C@H]2O. The van der Waals surface area contributed by atoms with Crippen LogP contribution in [0.4, 0.5) is 0 Å². The Kier molecular flexibility index (Phi) is 5.08. The maximum atomic E-state index is 10.6. The first-order valence-corrected chi connectivity index (χ1v) is 8.93. The van der Waals surface area contributed by atoms with Gasteiger partial charge in [0.2, 0.25) is 0 Å². The molecule has 1 atom stereocenters. The topological polar surface area (TPSA) is 54.8 Å². The Bertz CT molecular complexity index is 714. The number of β-amino-alcohol motifs (C(OH)–C–C–N with tert-alkyl or cyclic N) is 1. The molecule has 3 rings (SSSR count). The number of benzene rings is 1. The lowest BCUT2D eigenvalue weighted by atomic mass is 9.95. The van der Waals surface area contributed by atoms with Crippen molar-refractivity contribution in [3.05, 3.63) is 39.3 Å². The summed E-state index contributed by atoms with van der Waals surface area (Å²) in [6.45, 7) is 6.36. The van der Waals surface area contributed by atoms with Crippen molar-refractivity contribution < 1.29 is 14.6 Å². The third kappa shape index (κ3) is 3.27. The standard InChI is InChI=1S/C18H24N2O3S/c1-11(2)16-7-19-17(24-16)10-20-8-12-14(22-3)5-6-15(23-4)18(12)13(21)9-20/h5-7,11,13,21H,8-10H2,1-4H3/t13-/m1/s1. The molecule has 130 valence electrons. The van der Waals surface area contributed by atoms with Crippen molar-refractivity contribution in [3.63, 3.8) is 0 Å². The van der Waals surface area contributed by atoms with E-state index in [0.29, 0.717) is 24.8 Å². The van der Waals surface area contributed by atoms with Gasteiger partial charge in [-0.05, 0) is 18.1 Å². The van der Waals surface area contributed by atoms with E-state index in [1.54, 1.807) is 25.6 Å². The molecule has 1 aliphatic heterocycles. The summed E-state index contributed by atoms with van der Waals surface area (Å²) in [4.78, 5) is 8.03. The summed E-state index contributed by atoms with van der Waals surface area (Å²) in [5.74, 6) is 2.00. The number of rotatable bonds is 5. The molecule has 0 saturated heterocycles. The molecular weight excluding hydrogens is 324 g/mol. The second-order valence-electron chi connectivity index (χ2n) is 6.36. The van der Waals surface area contributed by atoms with Crippen LogP contribution in [0.1, 0.15) is 46.9 Å². The van der Waals surface area contributed by atoms with E-state index in [4.69, 9.17) is 9.47 Å². The van der Waals surface area contributed by atoms with E-state index < -0.39 is 6.10 Å². The van der Waals surface area contributed by atoms with E-state index in [0.717, 1.165) is 28.4 Å². The fourth-order valence-electron chi connectivity index (χ4n) is 3.12. The first-order valence-electron chi connectivity index (χ1n) is 8.12. The third-order valence-electron chi connectivity index (χ3n) is 4.36. The lowest BCUT2D eigenvalue weighted by molar-refractivity contribution is 0.0843. The van der Waals surface area contributed by atoms with Gasteiger partial charge in [-0.1, -0.05) is 13.8 Å². The van der Waals surface area contributed by atoms with Crippen LogP contribution in [0.3, 0.4) is 0 Å². The smallest absolute Gasteiger partial charge is 0.125 e. The van der Waals surface area contributed by atoms with Gasteiger partial charge in [0, 0.05) is 35.3 Å². The molecule has 0 saturated carbocycles. The monoisotopic (exact) mass is 348 g/mol. The van der Waals surface area contributed by atoms with E-state index in [9.17, 15) is 5.11 Å². The molecule has 24 heavy (non-hydrogen) atoms. The number of aromatic nitrogens is 1. The maximum Gasteiger partial charge on any atom is 0.125 e. The van der Waals surface area contributed by atoms with E-state index in [-0.39, 0.29) is 0 Å². The van der Waals surface area contributed by atoms with E-state index in [1.165, 1.54) is 4.88 Å². The molecule has 0 spiro atoms. The Balaban J connectivity index is 1.85. The molecule has 1 aromatic heterocycles. The van der Waals surface area contributed by atoms with Crippen molar-refractivity contribution >= 4 is 11.3 Å². The van der Waals surface area contributed by atoms with Crippen LogP contribution in [0.25, 0.3) is 0 Å². The Morgan fingerprint density at radius 1 is 1.29 bits per heavy atom. The zero-order valence-corrected chi connectivity index (χ0v) is 15.4. The molecule has 0 bridgehead atoms. The van der Waals surface area contributed by atoms with Gasteiger partial charge < -0.3 is 14.6 Å². The summed E-state index contributed by atoms with van der Waals surface area (Å²) >= 11 is 1.74. The minimum Gasteiger partial charge on any atom is -0.496 e. The number of methoxy groups -OCH3 is 2.